The Hall–Kier alpha value is -1.28. The molecule has 1 aliphatic heterocycles. The van der Waals surface area contributed by atoms with Crippen LogP contribution in [0.15, 0.2) is 35.7 Å². The molecule has 0 unspecified atom stereocenters. The fraction of sp³-hybridized carbons (Fsp3) is 0.471. The van der Waals surface area contributed by atoms with Crippen LogP contribution in [0.25, 0.3) is 11.3 Å². The Balaban J connectivity index is 1.50. The molecule has 0 saturated carbocycles. The Morgan fingerprint density at radius 3 is 2.62 bits per heavy atom. The summed E-state index contributed by atoms with van der Waals surface area (Å²) in [5.74, 6) is 0.187. The smallest absolute Gasteiger partial charge is 0.213 e. The summed E-state index contributed by atoms with van der Waals surface area (Å²) in [6, 6.07) is 10.5. The van der Waals surface area contributed by atoms with E-state index in [0.29, 0.717) is 19.1 Å². The van der Waals surface area contributed by atoms with Crippen LogP contribution < -0.4 is 5.32 Å². The minimum absolute atomic E-state index is 0.187. The van der Waals surface area contributed by atoms with Crippen LogP contribution >= 0.6 is 11.3 Å². The van der Waals surface area contributed by atoms with Gasteiger partial charge in [0.05, 0.1) is 11.4 Å². The van der Waals surface area contributed by atoms with E-state index in [-0.39, 0.29) is 5.75 Å². The molecule has 1 N–H and O–H groups in total. The highest BCUT2D eigenvalue weighted by Gasteiger charge is 2.26. The third kappa shape index (κ3) is 4.22. The number of thiazole rings is 1. The molecular weight excluding hydrogens is 342 g/mol. The van der Waals surface area contributed by atoms with Crippen molar-refractivity contribution in [2.75, 3.05) is 18.8 Å². The minimum atomic E-state index is -3.04. The van der Waals surface area contributed by atoms with Crippen LogP contribution in [0.1, 0.15) is 24.8 Å². The number of sulfonamides is 1. The van der Waals surface area contributed by atoms with Gasteiger partial charge in [0, 0.05) is 36.6 Å². The molecule has 1 aromatic carbocycles. The third-order valence-electron chi connectivity index (χ3n) is 4.38. The Morgan fingerprint density at radius 2 is 1.96 bits per heavy atom. The Bertz CT molecular complexity index is 751. The molecule has 0 aliphatic carbocycles. The summed E-state index contributed by atoms with van der Waals surface area (Å²) in [5.41, 5.74) is 2.15. The van der Waals surface area contributed by atoms with Crippen molar-refractivity contribution >= 4 is 21.4 Å². The van der Waals surface area contributed by atoms with Crippen molar-refractivity contribution in [3.63, 3.8) is 0 Å². The highest BCUT2D eigenvalue weighted by atomic mass is 32.2. The second kappa shape index (κ2) is 7.74. The molecule has 0 amide bonds. The van der Waals surface area contributed by atoms with Crippen molar-refractivity contribution in [3.05, 3.63) is 40.7 Å². The zero-order chi connectivity index (χ0) is 17.0. The predicted octanol–water partition coefficient (Wildman–Crippen LogP) is 2.71. The fourth-order valence-electron chi connectivity index (χ4n) is 2.89. The monoisotopic (exact) mass is 365 g/mol. The summed E-state index contributed by atoms with van der Waals surface area (Å²) < 4.78 is 25.4. The maximum atomic E-state index is 11.9. The molecule has 5 nitrogen and oxygen atoms in total. The van der Waals surface area contributed by atoms with E-state index in [9.17, 15) is 8.42 Å². The van der Waals surface area contributed by atoms with Crippen molar-refractivity contribution in [2.24, 2.45) is 0 Å². The lowest BCUT2D eigenvalue weighted by atomic mass is 10.1. The Morgan fingerprint density at radius 1 is 1.25 bits per heavy atom. The van der Waals surface area contributed by atoms with Crippen molar-refractivity contribution in [2.45, 2.75) is 32.4 Å². The lowest BCUT2D eigenvalue weighted by Crippen LogP contribution is -2.45. The molecule has 2 heterocycles. The number of rotatable bonds is 6. The summed E-state index contributed by atoms with van der Waals surface area (Å²) in [6.45, 7) is 3.66. The molecule has 2 aromatic rings. The fourth-order valence-corrected chi connectivity index (χ4v) is 4.77. The molecule has 0 atom stereocenters. The van der Waals surface area contributed by atoms with E-state index in [1.165, 1.54) is 0 Å². The van der Waals surface area contributed by atoms with Crippen LogP contribution in [0.4, 0.5) is 0 Å². The summed E-state index contributed by atoms with van der Waals surface area (Å²) in [7, 11) is -3.04. The summed E-state index contributed by atoms with van der Waals surface area (Å²) >= 11 is 1.66. The van der Waals surface area contributed by atoms with Crippen LogP contribution in [0.2, 0.25) is 0 Å². The molecular formula is C17H23N3O2S2. The van der Waals surface area contributed by atoms with Gasteiger partial charge in [-0.15, -0.1) is 11.3 Å². The van der Waals surface area contributed by atoms with Gasteiger partial charge in [0.1, 0.15) is 5.01 Å². The second-order valence-corrected chi connectivity index (χ2v) is 9.15. The predicted molar refractivity (Wildman–Crippen MR) is 98.4 cm³/mol. The number of aromatic nitrogens is 1. The first kappa shape index (κ1) is 17.5. The molecule has 0 radical (unpaired) electrons. The highest BCUT2D eigenvalue weighted by Crippen LogP contribution is 2.22. The van der Waals surface area contributed by atoms with E-state index in [1.54, 1.807) is 22.6 Å². The van der Waals surface area contributed by atoms with E-state index < -0.39 is 10.0 Å². The topological polar surface area (TPSA) is 62.3 Å². The highest BCUT2D eigenvalue weighted by molar-refractivity contribution is 7.89. The van der Waals surface area contributed by atoms with Gasteiger partial charge in [-0.2, -0.15) is 0 Å². The van der Waals surface area contributed by atoms with Crippen LogP contribution in [0, 0.1) is 0 Å². The van der Waals surface area contributed by atoms with E-state index in [2.05, 4.69) is 27.8 Å². The van der Waals surface area contributed by atoms with Gasteiger partial charge < -0.3 is 5.32 Å². The third-order valence-corrected chi connectivity index (χ3v) is 7.11. The molecule has 1 saturated heterocycles. The average Bonchev–Trinajstić information content (AvgIpc) is 3.10. The summed E-state index contributed by atoms with van der Waals surface area (Å²) in [5, 5.41) is 6.67. The van der Waals surface area contributed by atoms with Gasteiger partial charge in [0.15, 0.2) is 0 Å². The van der Waals surface area contributed by atoms with Crippen molar-refractivity contribution in [3.8, 4) is 11.3 Å². The standard InChI is InChI=1S/C17H23N3O2S2/c1-2-24(21,22)20-10-8-15(9-11-20)18-12-17-19-16(13-23-17)14-6-4-3-5-7-14/h3-7,13,15,18H,2,8-12H2,1H3. The normalized spacial score (nSPS) is 17.2. The van der Waals surface area contributed by atoms with Gasteiger partial charge in [0.2, 0.25) is 10.0 Å². The molecule has 7 heteroatoms. The average molecular weight is 366 g/mol. The summed E-state index contributed by atoms with van der Waals surface area (Å²) in [4.78, 5) is 4.68. The SMILES string of the molecule is CCS(=O)(=O)N1CCC(NCc2nc(-c3ccccc3)cs2)CC1. The van der Waals surface area contributed by atoms with Gasteiger partial charge in [-0.25, -0.2) is 17.7 Å². The van der Waals surface area contributed by atoms with Gasteiger partial charge in [0.25, 0.3) is 0 Å². The zero-order valence-corrected chi connectivity index (χ0v) is 15.4. The second-order valence-electron chi connectivity index (χ2n) is 5.95. The van der Waals surface area contributed by atoms with Gasteiger partial charge in [-0.05, 0) is 19.8 Å². The molecule has 3 rings (SSSR count). The first-order valence-corrected chi connectivity index (χ1v) is 10.8. The molecule has 0 spiro atoms. The van der Waals surface area contributed by atoms with Crippen LogP contribution in [0.3, 0.4) is 0 Å². The number of piperidine rings is 1. The number of hydrogen-bond acceptors (Lipinski definition) is 5. The van der Waals surface area contributed by atoms with Crippen LogP contribution in [-0.2, 0) is 16.6 Å². The van der Waals surface area contributed by atoms with E-state index >= 15 is 0 Å². The molecule has 130 valence electrons. The van der Waals surface area contributed by atoms with Crippen molar-refractivity contribution in [1.29, 1.82) is 0 Å². The molecule has 1 aliphatic rings. The molecule has 1 aromatic heterocycles. The first-order valence-electron chi connectivity index (χ1n) is 8.29. The van der Waals surface area contributed by atoms with Crippen LogP contribution in [-0.4, -0.2) is 42.6 Å². The van der Waals surface area contributed by atoms with Crippen molar-refractivity contribution in [1.82, 2.24) is 14.6 Å². The Labute approximate surface area is 147 Å². The molecule has 0 bridgehead atoms. The number of nitrogens with one attached hydrogen (secondary N) is 1. The molecule has 1 fully saturated rings. The van der Waals surface area contributed by atoms with Gasteiger partial charge in [-0.3, -0.25) is 0 Å². The lowest BCUT2D eigenvalue weighted by molar-refractivity contribution is 0.289. The first-order chi connectivity index (χ1) is 11.6. The molecule has 24 heavy (non-hydrogen) atoms. The quantitative estimate of drug-likeness (QED) is 0.855. The zero-order valence-electron chi connectivity index (χ0n) is 13.8. The van der Waals surface area contributed by atoms with E-state index in [4.69, 9.17) is 0 Å². The minimum Gasteiger partial charge on any atom is -0.308 e. The van der Waals surface area contributed by atoms with E-state index in [1.807, 2.05) is 18.2 Å². The lowest BCUT2D eigenvalue weighted by Gasteiger charge is -2.31. The van der Waals surface area contributed by atoms with Gasteiger partial charge in [-0.1, -0.05) is 30.3 Å². The number of hydrogen-bond donors (Lipinski definition) is 1. The maximum Gasteiger partial charge on any atom is 0.213 e. The van der Waals surface area contributed by atoms with Gasteiger partial charge >= 0.3 is 0 Å². The maximum absolute atomic E-state index is 11.9. The Kier molecular flexibility index (Phi) is 5.65. The number of benzene rings is 1. The van der Waals surface area contributed by atoms with E-state index in [0.717, 1.165) is 35.7 Å². The van der Waals surface area contributed by atoms with Crippen molar-refractivity contribution < 1.29 is 8.42 Å². The van der Waals surface area contributed by atoms with Crippen LogP contribution in [0.5, 0.6) is 0 Å². The summed E-state index contributed by atoms with van der Waals surface area (Å²) in [6.07, 6.45) is 1.71. The number of nitrogens with zero attached hydrogens (tertiary/aromatic N) is 2. The largest absolute Gasteiger partial charge is 0.308 e.